The fraction of sp³-hybridized carbons (Fsp3) is 0.381. The van der Waals surface area contributed by atoms with Crippen LogP contribution in [-0.2, 0) is 4.79 Å². The highest BCUT2D eigenvalue weighted by molar-refractivity contribution is 5.85. The molecule has 0 bridgehead atoms. The summed E-state index contributed by atoms with van der Waals surface area (Å²) in [6.45, 7) is 2.64. The lowest BCUT2D eigenvalue weighted by Crippen LogP contribution is -2.42. The highest BCUT2D eigenvalue weighted by Gasteiger charge is 2.35. The minimum Gasteiger partial charge on any atom is -0.341 e. The van der Waals surface area contributed by atoms with Crippen LogP contribution in [-0.4, -0.2) is 36.5 Å². The van der Waals surface area contributed by atoms with Crippen molar-refractivity contribution in [3.63, 3.8) is 0 Å². The number of amides is 1. The maximum atomic E-state index is 12.9. The van der Waals surface area contributed by atoms with Crippen LogP contribution in [0.1, 0.15) is 35.8 Å². The van der Waals surface area contributed by atoms with Crippen LogP contribution in [0.3, 0.4) is 0 Å². The molecular weight excluding hydrogens is 332 g/mol. The predicted molar refractivity (Wildman–Crippen MR) is 103 cm³/mol. The van der Waals surface area contributed by atoms with E-state index in [1.165, 1.54) is 11.1 Å². The van der Waals surface area contributed by atoms with E-state index in [4.69, 9.17) is 0 Å². The molecular formula is C21H25ClN2O. The first-order valence-electron chi connectivity index (χ1n) is 8.93. The molecule has 2 heterocycles. The van der Waals surface area contributed by atoms with Crippen molar-refractivity contribution in [3.05, 3.63) is 71.8 Å². The molecule has 2 aromatic carbocycles. The van der Waals surface area contributed by atoms with Gasteiger partial charge >= 0.3 is 0 Å². The van der Waals surface area contributed by atoms with Crippen molar-refractivity contribution in [3.8, 4) is 0 Å². The summed E-state index contributed by atoms with van der Waals surface area (Å²) in [4.78, 5) is 14.9. The van der Waals surface area contributed by atoms with Gasteiger partial charge in [-0.1, -0.05) is 60.7 Å². The topological polar surface area (TPSA) is 32.3 Å². The van der Waals surface area contributed by atoms with Gasteiger partial charge in [-0.2, -0.15) is 0 Å². The highest BCUT2D eigenvalue weighted by atomic mass is 35.5. The Bertz CT molecular complexity index is 632. The standard InChI is InChI=1S/C21H24N2O.ClH/c24-21(20-13-19(14-22-20)17-9-5-2-6-10-17)23-12-11-18(15-23)16-7-3-1-4-8-16;/h1-10,18-20,22H,11-15H2;1H/t18?,19-,20-;/m0./s1. The molecule has 1 amide bonds. The van der Waals surface area contributed by atoms with Gasteiger partial charge in [-0.3, -0.25) is 4.79 Å². The van der Waals surface area contributed by atoms with Gasteiger partial charge in [0, 0.05) is 25.6 Å². The number of carbonyl (C=O) groups is 1. The smallest absolute Gasteiger partial charge is 0.239 e. The first-order valence-corrected chi connectivity index (χ1v) is 8.93. The Morgan fingerprint density at radius 3 is 2.16 bits per heavy atom. The third kappa shape index (κ3) is 3.88. The normalized spacial score (nSPS) is 25.6. The second kappa shape index (κ2) is 8.03. The molecule has 25 heavy (non-hydrogen) atoms. The van der Waals surface area contributed by atoms with E-state index in [0.29, 0.717) is 11.8 Å². The molecule has 3 atom stereocenters. The average Bonchev–Trinajstić information content (AvgIpc) is 3.33. The van der Waals surface area contributed by atoms with Crippen molar-refractivity contribution < 1.29 is 4.79 Å². The summed E-state index contributed by atoms with van der Waals surface area (Å²) in [7, 11) is 0. The summed E-state index contributed by atoms with van der Waals surface area (Å²) in [5.74, 6) is 1.22. The molecule has 4 heteroatoms. The second-order valence-electron chi connectivity index (χ2n) is 6.98. The van der Waals surface area contributed by atoms with E-state index in [9.17, 15) is 4.79 Å². The highest BCUT2D eigenvalue weighted by Crippen LogP contribution is 2.30. The summed E-state index contributed by atoms with van der Waals surface area (Å²) >= 11 is 0. The Kier molecular flexibility index (Phi) is 5.77. The van der Waals surface area contributed by atoms with E-state index < -0.39 is 0 Å². The van der Waals surface area contributed by atoms with Gasteiger partial charge in [-0.05, 0) is 29.9 Å². The van der Waals surface area contributed by atoms with Crippen molar-refractivity contribution in [2.75, 3.05) is 19.6 Å². The van der Waals surface area contributed by atoms with Crippen LogP contribution in [0.25, 0.3) is 0 Å². The van der Waals surface area contributed by atoms with Gasteiger partial charge in [0.25, 0.3) is 0 Å². The number of hydrogen-bond acceptors (Lipinski definition) is 2. The molecule has 0 aliphatic carbocycles. The molecule has 2 aromatic rings. The molecule has 0 saturated carbocycles. The molecule has 0 aromatic heterocycles. The Hall–Kier alpha value is -1.84. The summed E-state index contributed by atoms with van der Waals surface area (Å²) in [5.41, 5.74) is 2.69. The van der Waals surface area contributed by atoms with Crippen LogP contribution in [0.4, 0.5) is 0 Å². The van der Waals surface area contributed by atoms with Crippen molar-refractivity contribution in [2.24, 2.45) is 0 Å². The zero-order valence-corrected chi connectivity index (χ0v) is 15.1. The summed E-state index contributed by atoms with van der Waals surface area (Å²) in [6, 6.07) is 21.1. The lowest BCUT2D eigenvalue weighted by molar-refractivity contribution is -0.132. The van der Waals surface area contributed by atoms with Gasteiger partial charge in [0.2, 0.25) is 5.91 Å². The maximum absolute atomic E-state index is 12.9. The van der Waals surface area contributed by atoms with Gasteiger partial charge in [0.1, 0.15) is 0 Å². The first kappa shape index (κ1) is 18.0. The van der Waals surface area contributed by atoms with Gasteiger partial charge in [0.15, 0.2) is 0 Å². The van der Waals surface area contributed by atoms with E-state index in [0.717, 1.165) is 32.5 Å². The Balaban J connectivity index is 0.00000182. The number of halogens is 1. The van der Waals surface area contributed by atoms with E-state index >= 15 is 0 Å². The van der Waals surface area contributed by atoms with Crippen LogP contribution in [0, 0.1) is 0 Å². The molecule has 1 unspecified atom stereocenters. The molecule has 2 aliphatic heterocycles. The molecule has 0 radical (unpaired) electrons. The average molecular weight is 357 g/mol. The Labute approximate surface area is 155 Å². The quantitative estimate of drug-likeness (QED) is 0.911. The molecule has 3 nitrogen and oxygen atoms in total. The van der Waals surface area contributed by atoms with Crippen molar-refractivity contribution in [1.82, 2.24) is 10.2 Å². The van der Waals surface area contributed by atoms with Crippen molar-refractivity contribution in [2.45, 2.75) is 30.7 Å². The van der Waals surface area contributed by atoms with Crippen LogP contribution < -0.4 is 5.32 Å². The number of nitrogens with one attached hydrogen (secondary N) is 1. The molecule has 1 N–H and O–H groups in total. The van der Waals surface area contributed by atoms with Gasteiger partial charge < -0.3 is 10.2 Å². The number of benzene rings is 2. The zero-order chi connectivity index (χ0) is 16.4. The fourth-order valence-corrected chi connectivity index (χ4v) is 4.08. The Morgan fingerprint density at radius 2 is 1.52 bits per heavy atom. The van der Waals surface area contributed by atoms with Crippen LogP contribution in [0.2, 0.25) is 0 Å². The Morgan fingerprint density at radius 1 is 0.920 bits per heavy atom. The minimum absolute atomic E-state index is 0. The summed E-state index contributed by atoms with van der Waals surface area (Å²) in [6.07, 6.45) is 1.99. The number of nitrogens with zero attached hydrogens (tertiary/aromatic N) is 1. The predicted octanol–water partition coefficient (Wildman–Crippen LogP) is 3.57. The zero-order valence-electron chi connectivity index (χ0n) is 14.3. The monoisotopic (exact) mass is 356 g/mol. The first-order chi connectivity index (χ1) is 11.8. The van der Waals surface area contributed by atoms with Crippen LogP contribution in [0.15, 0.2) is 60.7 Å². The van der Waals surface area contributed by atoms with Crippen molar-refractivity contribution in [1.29, 1.82) is 0 Å². The molecule has 132 valence electrons. The fourth-order valence-electron chi connectivity index (χ4n) is 4.08. The number of carbonyl (C=O) groups excluding carboxylic acids is 1. The maximum Gasteiger partial charge on any atom is 0.239 e. The third-order valence-corrected chi connectivity index (χ3v) is 5.47. The lowest BCUT2D eigenvalue weighted by Gasteiger charge is -2.21. The molecule has 4 rings (SSSR count). The third-order valence-electron chi connectivity index (χ3n) is 5.47. The van der Waals surface area contributed by atoms with Crippen LogP contribution in [0.5, 0.6) is 0 Å². The minimum atomic E-state index is -0.0234. The van der Waals surface area contributed by atoms with E-state index in [1.807, 2.05) is 12.1 Å². The van der Waals surface area contributed by atoms with Crippen molar-refractivity contribution >= 4 is 18.3 Å². The van der Waals surface area contributed by atoms with Gasteiger partial charge in [0.05, 0.1) is 6.04 Å². The molecule has 2 fully saturated rings. The van der Waals surface area contributed by atoms with Gasteiger partial charge in [-0.25, -0.2) is 0 Å². The SMILES string of the molecule is Cl.O=C([C@@H]1C[C@H](c2ccccc2)CN1)N1CCC(c2ccccc2)C1. The number of hydrogen-bond donors (Lipinski definition) is 1. The largest absolute Gasteiger partial charge is 0.341 e. The molecule has 2 aliphatic rings. The second-order valence-corrected chi connectivity index (χ2v) is 6.98. The van der Waals surface area contributed by atoms with Crippen LogP contribution >= 0.6 is 12.4 Å². The van der Waals surface area contributed by atoms with Gasteiger partial charge in [-0.15, -0.1) is 12.4 Å². The molecule has 2 saturated heterocycles. The lowest BCUT2D eigenvalue weighted by atomic mass is 9.96. The number of rotatable bonds is 3. The summed E-state index contributed by atoms with van der Waals surface area (Å²) in [5, 5.41) is 3.45. The van der Waals surface area contributed by atoms with E-state index in [1.54, 1.807) is 0 Å². The molecule has 0 spiro atoms. The van der Waals surface area contributed by atoms with E-state index in [-0.39, 0.29) is 24.4 Å². The summed E-state index contributed by atoms with van der Waals surface area (Å²) < 4.78 is 0. The van der Waals surface area contributed by atoms with E-state index in [2.05, 4.69) is 58.7 Å². The number of likely N-dealkylation sites (tertiary alicyclic amines) is 1.